The van der Waals surface area contributed by atoms with Gasteiger partial charge in [0.1, 0.15) is 0 Å². The first-order chi connectivity index (χ1) is 15.6. The van der Waals surface area contributed by atoms with Crippen molar-refractivity contribution >= 4 is 11.8 Å². The van der Waals surface area contributed by atoms with Crippen LogP contribution in [-0.2, 0) is 9.59 Å². The van der Waals surface area contributed by atoms with Crippen molar-refractivity contribution in [2.75, 3.05) is 26.7 Å². The second-order valence-electron chi connectivity index (χ2n) is 11.1. The van der Waals surface area contributed by atoms with E-state index in [2.05, 4.69) is 31.7 Å². The summed E-state index contributed by atoms with van der Waals surface area (Å²) in [4.78, 5) is 27.5. The minimum atomic E-state index is -0.112. The molecular formula is C23H39N7O2. The zero-order valence-electron chi connectivity index (χ0n) is 19.2. The molecule has 5 heterocycles. The predicted octanol–water partition coefficient (Wildman–Crippen LogP) is -0.891. The molecule has 0 aromatic heterocycles. The number of nitrogens with zero attached hydrogens (tertiary/aromatic N) is 2. The summed E-state index contributed by atoms with van der Waals surface area (Å²) >= 11 is 0. The van der Waals surface area contributed by atoms with Crippen LogP contribution < -0.4 is 26.7 Å². The van der Waals surface area contributed by atoms with Crippen LogP contribution in [0.2, 0.25) is 0 Å². The van der Waals surface area contributed by atoms with Crippen molar-refractivity contribution in [2.24, 2.45) is 11.8 Å². The topological polar surface area (TPSA) is 101 Å². The van der Waals surface area contributed by atoms with Crippen molar-refractivity contribution in [3.8, 4) is 0 Å². The van der Waals surface area contributed by atoms with E-state index in [1.807, 2.05) is 11.9 Å². The van der Waals surface area contributed by atoms with E-state index < -0.39 is 0 Å². The summed E-state index contributed by atoms with van der Waals surface area (Å²) in [5.41, 5.74) is 3.74. The van der Waals surface area contributed by atoms with E-state index in [1.165, 1.54) is 32.1 Å². The second kappa shape index (κ2) is 8.51. The Morgan fingerprint density at radius 1 is 0.938 bits per heavy atom. The molecule has 4 bridgehead atoms. The summed E-state index contributed by atoms with van der Waals surface area (Å²) in [6, 6.07) is 1.60. The van der Waals surface area contributed by atoms with Crippen LogP contribution in [0, 0.1) is 11.8 Å². The summed E-state index contributed by atoms with van der Waals surface area (Å²) in [5, 5.41) is 16.8. The number of amides is 2. The van der Waals surface area contributed by atoms with Gasteiger partial charge in [0, 0.05) is 50.3 Å². The molecule has 2 amide bonds. The molecule has 0 aromatic carbocycles. The van der Waals surface area contributed by atoms with Crippen molar-refractivity contribution in [3.63, 3.8) is 0 Å². The third kappa shape index (κ3) is 3.76. The summed E-state index contributed by atoms with van der Waals surface area (Å²) in [5.74, 6) is 1.43. The Balaban J connectivity index is 1.32. The van der Waals surface area contributed by atoms with Gasteiger partial charge in [0.2, 0.25) is 11.8 Å². The first kappa shape index (κ1) is 21.3. The number of piperazine rings is 1. The van der Waals surface area contributed by atoms with Crippen LogP contribution in [-0.4, -0.2) is 90.8 Å². The van der Waals surface area contributed by atoms with E-state index in [-0.39, 0.29) is 23.9 Å². The highest BCUT2D eigenvalue weighted by molar-refractivity contribution is 5.82. The number of hydrogen-bond acceptors (Lipinski definition) is 7. The maximum atomic E-state index is 13.1. The number of hydrogen-bond donors (Lipinski definition) is 5. The fourth-order valence-electron chi connectivity index (χ4n) is 7.73. The van der Waals surface area contributed by atoms with Crippen LogP contribution in [0.25, 0.3) is 0 Å². The molecule has 0 radical (unpaired) electrons. The molecule has 9 atom stereocenters. The predicted molar refractivity (Wildman–Crippen MR) is 120 cm³/mol. The van der Waals surface area contributed by atoms with Gasteiger partial charge in [-0.1, -0.05) is 6.42 Å². The van der Waals surface area contributed by atoms with E-state index >= 15 is 0 Å². The van der Waals surface area contributed by atoms with Gasteiger partial charge in [-0.2, -0.15) is 0 Å². The molecular weight excluding hydrogens is 406 g/mol. The molecule has 9 heteroatoms. The number of likely N-dealkylation sites (N-methyl/N-ethyl adjacent to an activating group) is 1. The van der Waals surface area contributed by atoms with Gasteiger partial charge < -0.3 is 15.5 Å². The van der Waals surface area contributed by atoms with Crippen LogP contribution >= 0.6 is 0 Å². The summed E-state index contributed by atoms with van der Waals surface area (Å²) in [6.07, 6.45) is 9.33. The highest BCUT2D eigenvalue weighted by Gasteiger charge is 2.54. The number of piperidine rings is 1. The highest BCUT2D eigenvalue weighted by atomic mass is 16.2. The van der Waals surface area contributed by atoms with Crippen LogP contribution in [0.15, 0.2) is 0 Å². The maximum absolute atomic E-state index is 13.1. The second-order valence-corrected chi connectivity index (χ2v) is 11.1. The molecule has 178 valence electrons. The molecule has 32 heavy (non-hydrogen) atoms. The van der Waals surface area contributed by atoms with Crippen LogP contribution in [0.5, 0.6) is 0 Å². The number of hydrazine groups is 1. The van der Waals surface area contributed by atoms with E-state index in [1.54, 1.807) is 0 Å². The zero-order valence-corrected chi connectivity index (χ0v) is 19.2. The third-order valence-corrected chi connectivity index (χ3v) is 9.13. The van der Waals surface area contributed by atoms with Gasteiger partial charge in [0.05, 0.1) is 18.8 Å². The first-order valence-corrected chi connectivity index (χ1v) is 12.9. The molecule has 9 nitrogen and oxygen atoms in total. The number of nitrogens with one attached hydrogen (secondary N) is 5. The third-order valence-electron chi connectivity index (χ3n) is 9.13. The van der Waals surface area contributed by atoms with Crippen LogP contribution in [0.4, 0.5) is 0 Å². The maximum Gasteiger partial charge on any atom is 0.239 e. The number of carbonyl (C=O) groups excluding carboxylic acids is 2. The quantitative estimate of drug-likeness (QED) is 0.330. The van der Waals surface area contributed by atoms with Gasteiger partial charge in [0.15, 0.2) is 0 Å². The average molecular weight is 446 g/mol. The van der Waals surface area contributed by atoms with Crippen molar-refractivity contribution in [1.29, 1.82) is 0 Å². The largest absolute Gasteiger partial charge is 0.350 e. The normalized spacial score (nSPS) is 47.4. The van der Waals surface area contributed by atoms with E-state index in [9.17, 15) is 9.59 Å². The van der Waals surface area contributed by atoms with Gasteiger partial charge >= 0.3 is 0 Å². The molecule has 0 spiro atoms. The van der Waals surface area contributed by atoms with Crippen LogP contribution in [0.3, 0.4) is 0 Å². The molecule has 7 unspecified atom stereocenters. The molecule has 6 aliphatic rings. The lowest BCUT2D eigenvalue weighted by Gasteiger charge is -2.47. The zero-order chi connectivity index (χ0) is 21.8. The fourth-order valence-corrected chi connectivity index (χ4v) is 7.73. The van der Waals surface area contributed by atoms with Gasteiger partial charge in [-0.15, -0.1) is 0 Å². The van der Waals surface area contributed by atoms with E-state index in [0.717, 1.165) is 25.8 Å². The number of fused-ring (bicyclic) bond motifs is 5. The highest BCUT2D eigenvalue weighted by Crippen LogP contribution is 2.44. The molecule has 1 saturated carbocycles. The Labute approximate surface area is 190 Å². The smallest absolute Gasteiger partial charge is 0.239 e. The Morgan fingerprint density at radius 3 is 2.69 bits per heavy atom. The summed E-state index contributed by atoms with van der Waals surface area (Å²) in [7, 11) is 1.92. The lowest BCUT2D eigenvalue weighted by Crippen LogP contribution is -2.64. The molecule has 6 rings (SSSR count). The van der Waals surface area contributed by atoms with E-state index in [0.29, 0.717) is 55.3 Å². The van der Waals surface area contributed by atoms with Gasteiger partial charge in [-0.25, -0.2) is 5.01 Å². The molecule has 5 saturated heterocycles. The molecule has 1 aliphatic carbocycles. The lowest BCUT2D eigenvalue weighted by molar-refractivity contribution is -0.132. The van der Waals surface area contributed by atoms with E-state index in [4.69, 9.17) is 0 Å². The standard InChI is InChI=1S/C23H39N7O2/c1-29-9-8-17-22-21-14(4-2-6-16(21)28-30(22)12-20(31)27-17)15-5-3-7-19(26-15)25-13-10-18(23(29)32)24-11-13/h13-19,21-22,24-26,28H,2-12H2,1H3,(H,27,31)/t13-,14?,15?,16?,17?,18-,19?,21?,22?/m0/s1. The number of rotatable bonds is 0. The first-order valence-electron chi connectivity index (χ1n) is 12.9. The minimum absolute atomic E-state index is 0.0847. The molecule has 6 fully saturated rings. The van der Waals surface area contributed by atoms with Crippen molar-refractivity contribution < 1.29 is 9.59 Å². The monoisotopic (exact) mass is 445 g/mol. The van der Waals surface area contributed by atoms with Gasteiger partial charge in [-0.3, -0.25) is 25.6 Å². The Bertz CT molecular complexity index is 750. The van der Waals surface area contributed by atoms with Gasteiger partial charge in [0.25, 0.3) is 0 Å². The Morgan fingerprint density at radius 2 is 1.78 bits per heavy atom. The summed E-state index contributed by atoms with van der Waals surface area (Å²) in [6.45, 7) is 1.96. The number of carbonyl (C=O) groups is 2. The van der Waals surface area contributed by atoms with Crippen molar-refractivity contribution in [2.45, 2.75) is 93.8 Å². The van der Waals surface area contributed by atoms with Crippen molar-refractivity contribution in [1.82, 2.24) is 36.6 Å². The Hall–Kier alpha value is -1.26. The SMILES string of the molecule is CN1CCC2NC(=O)CN3NC4CCCC(C5CCCC(N5)N[C@@H]5CN[C@@H](C5)C1=O)C4C23. The average Bonchev–Trinajstić information content (AvgIpc) is 3.40. The van der Waals surface area contributed by atoms with Crippen molar-refractivity contribution in [3.05, 3.63) is 0 Å². The Kier molecular flexibility index (Phi) is 5.66. The van der Waals surface area contributed by atoms with Gasteiger partial charge in [-0.05, 0) is 56.8 Å². The summed E-state index contributed by atoms with van der Waals surface area (Å²) < 4.78 is 0. The lowest BCUT2D eigenvalue weighted by atomic mass is 9.67. The molecule has 0 aromatic rings. The minimum Gasteiger partial charge on any atom is -0.350 e. The molecule has 5 N–H and O–H groups in total. The molecule has 5 aliphatic heterocycles. The fraction of sp³-hybridized carbons (Fsp3) is 0.913. The van der Waals surface area contributed by atoms with Crippen LogP contribution in [0.1, 0.15) is 51.4 Å².